The summed E-state index contributed by atoms with van der Waals surface area (Å²) in [5, 5.41) is 17.5. The number of phenols is 1. The second kappa shape index (κ2) is 8.32. The number of fused-ring (bicyclic) bond motifs is 1. The molecule has 2 N–H and O–H groups in total. The van der Waals surface area contributed by atoms with Crippen molar-refractivity contribution in [1.82, 2.24) is 24.9 Å². The highest BCUT2D eigenvalue weighted by Crippen LogP contribution is 2.24. The first kappa shape index (κ1) is 19.0. The van der Waals surface area contributed by atoms with Crippen molar-refractivity contribution in [1.29, 1.82) is 0 Å². The third-order valence-electron chi connectivity index (χ3n) is 5.87. The molecule has 1 aromatic heterocycles. The monoisotopic (exact) mass is 383 g/mol. The van der Waals surface area contributed by atoms with Crippen LogP contribution in [-0.2, 0) is 19.5 Å². The van der Waals surface area contributed by atoms with Gasteiger partial charge in [-0.2, -0.15) is 5.10 Å². The van der Waals surface area contributed by atoms with E-state index >= 15 is 0 Å². The number of amides is 1. The lowest BCUT2D eigenvalue weighted by Gasteiger charge is -2.32. The van der Waals surface area contributed by atoms with Gasteiger partial charge in [-0.1, -0.05) is 12.1 Å². The molecule has 0 unspecified atom stereocenters. The molecule has 1 fully saturated rings. The van der Waals surface area contributed by atoms with Crippen LogP contribution in [0.5, 0.6) is 5.75 Å². The lowest BCUT2D eigenvalue weighted by Crippen LogP contribution is -2.47. The summed E-state index contributed by atoms with van der Waals surface area (Å²) >= 11 is 0. The maximum atomic E-state index is 13.0. The number of aryl methyl sites for hydroxylation is 1. The first-order valence-electron chi connectivity index (χ1n) is 10.1. The van der Waals surface area contributed by atoms with Crippen LogP contribution in [0.15, 0.2) is 30.5 Å². The zero-order valence-corrected chi connectivity index (χ0v) is 16.5. The third-order valence-corrected chi connectivity index (χ3v) is 5.87. The number of nitrogens with zero attached hydrogens (tertiary/aromatic N) is 4. The number of aromatic hydroxyl groups is 1. The van der Waals surface area contributed by atoms with E-state index in [0.29, 0.717) is 11.7 Å². The van der Waals surface area contributed by atoms with Gasteiger partial charge in [0.2, 0.25) is 0 Å². The van der Waals surface area contributed by atoms with Gasteiger partial charge in [0.15, 0.2) is 0 Å². The highest BCUT2D eigenvalue weighted by molar-refractivity contribution is 5.95. The van der Waals surface area contributed by atoms with Crippen molar-refractivity contribution < 1.29 is 9.90 Å². The van der Waals surface area contributed by atoms with Crippen LogP contribution in [0, 0.1) is 5.92 Å². The SMILES string of the molecule is CN1CCN(C(=O)c2cnn3c2C[C@H](CNCc2cccc(O)c2)CC3)CC1. The minimum absolute atomic E-state index is 0.128. The number of piperazine rings is 1. The molecule has 7 heteroatoms. The molecule has 7 nitrogen and oxygen atoms in total. The fourth-order valence-electron chi connectivity index (χ4n) is 4.12. The van der Waals surface area contributed by atoms with E-state index in [1.54, 1.807) is 18.3 Å². The van der Waals surface area contributed by atoms with Gasteiger partial charge in [-0.3, -0.25) is 9.48 Å². The molecule has 4 rings (SSSR count). The van der Waals surface area contributed by atoms with E-state index in [1.165, 1.54) is 0 Å². The molecule has 0 aliphatic carbocycles. The van der Waals surface area contributed by atoms with Gasteiger partial charge in [-0.05, 0) is 50.0 Å². The van der Waals surface area contributed by atoms with Crippen LogP contribution in [-0.4, -0.2) is 70.4 Å². The molecular weight excluding hydrogens is 354 g/mol. The summed E-state index contributed by atoms with van der Waals surface area (Å²) in [4.78, 5) is 17.2. The van der Waals surface area contributed by atoms with Crippen molar-refractivity contribution in [3.8, 4) is 5.75 Å². The third kappa shape index (κ3) is 4.20. The molecule has 2 aromatic rings. The lowest BCUT2D eigenvalue weighted by atomic mass is 9.94. The van der Waals surface area contributed by atoms with Crippen LogP contribution < -0.4 is 5.32 Å². The Morgan fingerprint density at radius 2 is 2.07 bits per heavy atom. The number of carbonyl (C=O) groups excluding carboxylic acids is 1. The number of likely N-dealkylation sites (N-methyl/N-ethyl adjacent to an activating group) is 1. The Balaban J connectivity index is 1.35. The van der Waals surface area contributed by atoms with Crippen LogP contribution in [0.25, 0.3) is 0 Å². The Labute approximate surface area is 165 Å². The Kier molecular flexibility index (Phi) is 5.64. The smallest absolute Gasteiger partial charge is 0.257 e. The predicted octanol–water partition coefficient (Wildman–Crippen LogP) is 1.33. The van der Waals surface area contributed by atoms with Crippen molar-refractivity contribution >= 4 is 5.91 Å². The largest absolute Gasteiger partial charge is 0.508 e. The number of rotatable bonds is 5. The summed E-state index contributed by atoms with van der Waals surface area (Å²) in [6.45, 7) is 5.92. The van der Waals surface area contributed by atoms with Crippen LogP contribution in [0.3, 0.4) is 0 Å². The molecule has 0 saturated carbocycles. The van der Waals surface area contributed by atoms with E-state index in [1.807, 2.05) is 21.7 Å². The highest BCUT2D eigenvalue weighted by Gasteiger charge is 2.28. The minimum Gasteiger partial charge on any atom is -0.508 e. The Morgan fingerprint density at radius 1 is 1.25 bits per heavy atom. The summed E-state index contributed by atoms with van der Waals surface area (Å²) in [6.07, 6.45) is 3.70. The van der Waals surface area contributed by atoms with Gasteiger partial charge in [0.05, 0.1) is 17.5 Å². The second-order valence-electron chi connectivity index (χ2n) is 7.98. The van der Waals surface area contributed by atoms with E-state index in [0.717, 1.165) is 75.5 Å². The maximum Gasteiger partial charge on any atom is 0.257 e. The molecule has 1 aromatic carbocycles. The quantitative estimate of drug-likeness (QED) is 0.815. The van der Waals surface area contributed by atoms with E-state index in [4.69, 9.17) is 0 Å². The standard InChI is InChI=1S/C21H29N5O2/c1-24-7-9-25(10-8-24)21(28)19-15-23-26-6-5-17(12-20(19)26)14-22-13-16-3-2-4-18(27)11-16/h2-4,11,15,17,22,27H,5-10,12-14H2,1H3/t17-/m1/s1. The predicted molar refractivity (Wildman–Crippen MR) is 107 cm³/mol. The van der Waals surface area contributed by atoms with Crippen LogP contribution in [0.4, 0.5) is 0 Å². The first-order chi connectivity index (χ1) is 13.6. The molecule has 150 valence electrons. The van der Waals surface area contributed by atoms with Crippen molar-refractivity contribution in [3.63, 3.8) is 0 Å². The van der Waals surface area contributed by atoms with Crippen molar-refractivity contribution in [2.75, 3.05) is 39.8 Å². The molecular formula is C21H29N5O2. The fourth-order valence-corrected chi connectivity index (χ4v) is 4.12. The van der Waals surface area contributed by atoms with Crippen molar-refractivity contribution in [2.24, 2.45) is 5.92 Å². The summed E-state index contributed by atoms with van der Waals surface area (Å²) in [7, 11) is 2.10. The number of phenolic OH excluding ortho intramolecular Hbond substituents is 1. The molecule has 2 aliphatic rings. The lowest BCUT2D eigenvalue weighted by molar-refractivity contribution is 0.0662. The van der Waals surface area contributed by atoms with Gasteiger partial charge in [-0.25, -0.2) is 0 Å². The number of carbonyl (C=O) groups is 1. The maximum absolute atomic E-state index is 13.0. The van der Waals surface area contributed by atoms with Gasteiger partial charge in [0.1, 0.15) is 5.75 Å². The Bertz CT molecular complexity index is 826. The van der Waals surface area contributed by atoms with Gasteiger partial charge in [0, 0.05) is 39.3 Å². The molecule has 2 aliphatic heterocycles. The average molecular weight is 383 g/mol. The van der Waals surface area contributed by atoms with Crippen LogP contribution in [0.2, 0.25) is 0 Å². The van der Waals surface area contributed by atoms with E-state index in [2.05, 4.69) is 22.4 Å². The molecule has 0 radical (unpaired) electrons. The first-order valence-corrected chi connectivity index (χ1v) is 10.1. The molecule has 1 atom stereocenters. The zero-order chi connectivity index (χ0) is 19.5. The average Bonchev–Trinajstić information content (AvgIpc) is 3.11. The molecule has 0 bridgehead atoms. The highest BCUT2D eigenvalue weighted by atomic mass is 16.3. The molecule has 3 heterocycles. The summed E-state index contributed by atoms with van der Waals surface area (Å²) < 4.78 is 2.01. The zero-order valence-electron chi connectivity index (χ0n) is 16.5. The molecule has 28 heavy (non-hydrogen) atoms. The van der Waals surface area contributed by atoms with Gasteiger partial charge in [0.25, 0.3) is 5.91 Å². The van der Waals surface area contributed by atoms with E-state index in [9.17, 15) is 9.90 Å². The summed E-state index contributed by atoms with van der Waals surface area (Å²) in [6, 6.07) is 7.34. The molecule has 0 spiro atoms. The van der Waals surface area contributed by atoms with Crippen molar-refractivity contribution in [3.05, 3.63) is 47.3 Å². The fraction of sp³-hybridized carbons (Fsp3) is 0.524. The van der Waals surface area contributed by atoms with E-state index in [-0.39, 0.29) is 5.91 Å². The number of hydrogen-bond donors (Lipinski definition) is 2. The Morgan fingerprint density at radius 3 is 2.86 bits per heavy atom. The normalized spacial score (nSPS) is 20.2. The molecule has 1 amide bonds. The second-order valence-corrected chi connectivity index (χ2v) is 7.98. The minimum atomic E-state index is 0.128. The summed E-state index contributed by atoms with van der Waals surface area (Å²) in [5.74, 6) is 0.913. The number of hydrogen-bond acceptors (Lipinski definition) is 5. The number of nitrogens with one attached hydrogen (secondary N) is 1. The molecule has 1 saturated heterocycles. The summed E-state index contributed by atoms with van der Waals surface area (Å²) in [5.41, 5.74) is 2.94. The number of benzene rings is 1. The van der Waals surface area contributed by atoms with Gasteiger partial charge < -0.3 is 20.2 Å². The Hall–Kier alpha value is -2.38. The van der Waals surface area contributed by atoms with Gasteiger partial charge in [-0.15, -0.1) is 0 Å². The van der Waals surface area contributed by atoms with E-state index < -0.39 is 0 Å². The topological polar surface area (TPSA) is 73.6 Å². The van der Waals surface area contributed by atoms with Gasteiger partial charge >= 0.3 is 0 Å². The number of aromatic nitrogens is 2. The van der Waals surface area contributed by atoms with Crippen LogP contribution in [0.1, 0.15) is 28.0 Å². The van der Waals surface area contributed by atoms with Crippen molar-refractivity contribution in [2.45, 2.75) is 25.9 Å². The van der Waals surface area contributed by atoms with Crippen LogP contribution >= 0.6 is 0 Å².